The first-order valence-electron chi connectivity index (χ1n) is 6.14. The number of rotatable bonds is 2. The number of aromatic hydroxyl groups is 1. The zero-order valence-electron chi connectivity index (χ0n) is 10.2. The van der Waals surface area contributed by atoms with Gasteiger partial charge in [0.2, 0.25) is 0 Å². The SMILES string of the molecule is N#Cc1ccc(O)c(-c2ccc(C3CC3N)cn2)c1. The Bertz CT molecular complexity index is 658. The van der Waals surface area contributed by atoms with Gasteiger partial charge in [0.1, 0.15) is 5.75 Å². The summed E-state index contributed by atoms with van der Waals surface area (Å²) in [6.45, 7) is 0. The summed E-state index contributed by atoms with van der Waals surface area (Å²) in [6, 6.07) is 10.9. The lowest BCUT2D eigenvalue weighted by Gasteiger charge is -2.05. The summed E-state index contributed by atoms with van der Waals surface area (Å²) >= 11 is 0. The topological polar surface area (TPSA) is 82.9 Å². The zero-order chi connectivity index (χ0) is 13.4. The predicted molar refractivity (Wildman–Crippen MR) is 71.4 cm³/mol. The Kier molecular flexibility index (Phi) is 2.69. The van der Waals surface area contributed by atoms with Crippen molar-refractivity contribution in [1.29, 1.82) is 5.26 Å². The second-order valence-electron chi connectivity index (χ2n) is 4.83. The molecule has 19 heavy (non-hydrogen) atoms. The predicted octanol–water partition coefficient (Wildman–Crippen LogP) is 2.14. The maximum atomic E-state index is 9.85. The van der Waals surface area contributed by atoms with E-state index in [1.54, 1.807) is 18.3 Å². The minimum atomic E-state index is 0.127. The molecule has 2 unspecified atom stereocenters. The van der Waals surface area contributed by atoms with Crippen molar-refractivity contribution in [1.82, 2.24) is 4.98 Å². The number of hydrogen-bond acceptors (Lipinski definition) is 4. The van der Waals surface area contributed by atoms with Crippen LogP contribution in [0.3, 0.4) is 0 Å². The molecule has 0 radical (unpaired) electrons. The van der Waals surface area contributed by atoms with Crippen LogP contribution < -0.4 is 5.73 Å². The third kappa shape index (κ3) is 2.16. The number of pyridine rings is 1. The summed E-state index contributed by atoms with van der Waals surface area (Å²) < 4.78 is 0. The average Bonchev–Trinajstić information content (AvgIpc) is 3.17. The monoisotopic (exact) mass is 251 g/mol. The summed E-state index contributed by atoms with van der Waals surface area (Å²) in [5.41, 5.74) is 8.67. The number of hydrogen-bond donors (Lipinski definition) is 2. The van der Waals surface area contributed by atoms with Crippen molar-refractivity contribution in [3.05, 3.63) is 47.7 Å². The van der Waals surface area contributed by atoms with E-state index in [0.29, 0.717) is 22.7 Å². The van der Waals surface area contributed by atoms with E-state index in [2.05, 4.69) is 11.1 Å². The van der Waals surface area contributed by atoms with Crippen LogP contribution in [-0.2, 0) is 0 Å². The van der Waals surface area contributed by atoms with Crippen LogP contribution in [0.1, 0.15) is 23.5 Å². The first kappa shape index (κ1) is 11.7. The van der Waals surface area contributed by atoms with Gasteiger partial charge in [-0.15, -0.1) is 0 Å². The first-order chi connectivity index (χ1) is 9.19. The lowest BCUT2D eigenvalue weighted by Crippen LogP contribution is -2.01. The van der Waals surface area contributed by atoms with E-state index in [1.807, 2.05) is 12.1 Å². The van der Waals surface area contributed by atoms with Gasteiger partial charge in [-0.3, -0.25) is 4.98 Å². The molecule has 0 amide bonds. The molecule has 3 N–H and O–H groups in total. The molecular formula is C15H13N3O. The Morgan fingerprint density at radius 1 is 1.32 bits per heavy atom. The molecule has 94 valence electrons. The van der Waals surface area contributed by atoms with E-state index in [0.717, 1.165) is 12.0 Å². The maximum Gasteiger partial charge on any atom is 0.125 e. The lowest BCUT2D eigenvalue weighted by atomic mass is 10.1. The highest BCUT2D eigenvalue weighted by atomic mass is 16.3. The van der Waals surface area contributed by atoms with Crippen LogP contribution in [0.2, 0.25) is 0 Å². The van der Waals surface area contributed by atoms with Crippen molar-refractivity contribution in [2.75, 3.05) is 0 Å². The molecule has 4 heteroatoms. The molecule has 2 atom stereocenters. The number of phenolic OH excluding ortho intramolecular Hbond substituents is 1. The van der Waals surface area contributed by atoms with E-state index in [-0.39, 0.29) is 11.8 Å². The highest BCUT2D eigenvalue weighted by molar-refractivity contribution is 5.68. The Labute approximate surface area is 111 Å². The largest absolute Gasteiger partial charge is 0.507 e. The standard InChI is InChI=1S/C15H13N3O/c16-7-9-1-4-15(19)12(5-9)14-3-2-10(8-18-14)11-6-13(11)17/h1-5,8,11,13,19H,6,17H2. The molecule has 4 nitrogen and oxygen atoms in total. The molecule has 1 aromatic heterocycles. The van der Waals surface area contributed by atoms with Gasteiger partial charge in [-0.2, -0.15) is 5.26 Å². The molecule has 2 aromatic rings. The van der Waals surface area contributed by atoms with Crippen molar-refractivity contribution in [3.63, 3.8) is 0 Å². The molecule has 0 aliphatic heterocycles. The summed E-state index contributed by atoms with van der Waals surface area (Å²) in [5.74, 6) is 0.544. The number of nitrogens with two attached hydrogens (primary N) is 1. The Morgan fingerprint density at radius 3 is 2.68 bits per heavy atom. The smallest absolute Gasteiger partial charge is 0.125 e. The van der Waals surface area contributed by atoms with Gasteiger partial charge in [-0.25, -0.2) is 0 Å². The maximum absolute atomic E-state index is 9.85. The molecule has 0 spiro atoms. The molecule has 0 saturated heterocycles. The first-order valence-corrected chi connectivity index (χ1v) is 6.14. The van der Waals surface area contributed by atoms with E-state index in [4.69, 9.17) is 11.0 Å². The fourth-order valence-corrected chi connectivity index (χ4v) is 2.19. The summed E-state index contributed by atoms with van der Waals surface area (Å²) in [5, 5.41) is 18.7. The molecule has 1 saturated carbocycles. The molecule has 1 aliphatic carbocycles. The van der Waals surface area contributed by atoms with Gasteiger partial charge in [0.25, 0.3) is 0 Å². The van der Waals surface area contributed by atoms with Crippen molar-refractivity contribution in [2.24, 2.45) is 5.73 Å². The molecule has 1 aromatic carbocycles. The number of benzene rings is 1. The zero-order valence-corrected chi connectivity index (χ0v) is 10.2. The van der Waals surface area contributed by atoms with Crippen LogP contribution in [0.4, 0.5) is 0 Å². The molecule has 3 rings (SSSR count). The second kappa shape index (κ2) is 4.38. The highest BCUT2D eigenvalue weighted by Crippen LogP contribution is 2.39. The summed E-state index contributed by atoms with van der Waals surface area (Å²) in [7, 11) is 0. The van der Waals surface area contributed by atoms with E-state index >= 15 is 0 Å². The van der Waals surface area contributed by atoms with Crippen molar-refractivity contribution in [2.45, 2.75) is 18.4 Å². The molecule has 1 aliphatic rings. The number of phenols is 1. The normalized spacial score (nSPS) is 20.8. The lowest BCUT2D eigenvalue weighted by molar-refractivity contribution is 0.477. The Balaban J connectivity index is 1.96. The number of aromatic nitrogens is 1. The Morgan fingerprint density at radius 2 is 2.11 bits per heavy atom. The summed E-state index contributed by atoms with van der Waals surface area (Å²) in [4.78, 5) is 4.36. The van der Waals surface area contributed by atoms with E-state index < -0.39 is 0 Å². The van der Waals surface area contributed by atoms with Crippen molar-refractivity contribution >= 4 is 0 Å². The van der Waals surface area contributed by atoms with Crippen LogP contribution in [-0.4, -0.2) is 16.1 Å². The van der Waals surface area contributed by atoms with Crippen molar-refractivity contribution < 1.29 is 5.11 Å². The van der Waals surface area contributed by atoms with Gasteiger partial charge >= 0.3 is 0 Å². The molecular weight excluding hydrogens is 238 g/mol. The van der Waals surface area contributed by atoms with E-state index in [1.165, 1.54) is 6.07 Å². The third-order valence-electron chi connectivity index (χ3n) is 3.46. The van der Waals surface area contributed by atoms with Crippen LogP contribution in [0.15, 0.2) is 36.5 Å². The molecule has 0 bridgehead atoms. The van der Waals surface area contributed by atoms with Crippen LogP contribution >= 0.6 is 0 Å². The fourth-order valence-electron chi connectivity index (χ4n) is 2.19. The molecule has 1 heterocycles. The number of nitrogens with zero attached hydrogens (tertiary/aromatic N) is 2. The quantitative estimate of drug-likeness (QED) is 0.856. The van der Waals surface area contributed by atoms with E-state index in [9.17, 15) is 5.11 Å². The highest BCUT2D eigenvalue weighted by Gasteiger charge is 2.34. The summed E-state index contributed by atoms with van der Waals surface area (Å²) in [6.07, 6.45) is 2.81. The van der Waals surface area contributed by atoms with Crippen LogP contribution in [0, 0.1) is 11.3 Å². The molecule has 1 fully saturated rings. The van der Waals surface area contributed by atoms with Gasteiger partial charge in [0, 0.05) is 23.7 Å². The fraction of sp³-hybridized carbons (Fsp3) is 0.200. The minimum Gasteiger partial charge on any atom is -0.507 e. The van der Waals surface area contributed by atoms with Gasteiger partial charge in [-0.1, -0.05) is 6.07 Å². The van der Waals surface area contributed by atoms with Gasteiger partial charge < -0.3 is 10.8 Å². The third-order valence-corrected chi connectivity index (χ3v) is 3.46. The number of nitriles is 1. The van der Waals surface area contributed by atoms with Crippen LogP contribution in [0.25, 0.3) is 11.3 Å². The van der Waals surface area contributed by atoms with Crippen molar-refractivity contribution in [3.8, 4) is 23.1 Å². The minimum absolute atomic E-state index is 0.127. The van der Waals surface area contributed by atoms with Gasteiger partial charge in [0.15, 0.2) is 0 Å². The Hall–Kier alpha value is -2.38. The average molecular weight is 251 g/mol. The van der Waals surface area contributed by atoms with Gasteiger partial charge in [-0.05, 0) is 36.2 Å². The van der Waals surface area contributed by atoms with Crippen LogP contribution in [0.5, 0.6) is 5.75 Å². The second-order valence-corrected chi connectivity index (χ2v) is 4.83. The van der Waals surface area contributed by atoms with Gasteiger partial charge in [0.05, 0.1) is 17.3 Å².